The molecule has 5 nitrogen and oxygen atoms in total. The van der Waals surface area contributed by atoms with Crippen LogP contribution in [0.15, 0.2) is 5.38 Å². The summed E-state index contributed by atoms with van der Waals surface area (Å²) in [4.78, 5) is 18.3. The maximum atomic E-state index is 11.7. The molecule has 1 aliphatic heterocycles. The third-order valence-corrected chi connectivity index (χ3v) is 4.03. The molecule has 100 valence electrons. The third kappa shape index (κ3) is 2.88. The van der Waals surface area contributed by atoms with E-state index in [0.29, 0.717) is 13.0 Å². The number of nitrogens with zero attached hydrogens (tertiary/aromatic N) is 2. The lowest BCUT2D eigenvalue weighted by molar-refractivity contribution is -0.146. The number of aryl methyl sites for hydroxylation is 1. The molecule has 1 fully saturated rings. The molecule has 1 saturated heterocycles. The Bertz CT molecular complexity index is 421. The van der Waals surface area contributed by atoms with Crippen LogP contribution >= 0.6 is 11.3 Å². The highest BCUT2D eigenvalue weighted by Crippen LogP contribution is 2.23. The molecule has 0 saturated carbocycles. The maximum Gasteiger partial charge on any atom is 0.323 e. The molecule has 1 aromatic rings. The molecule has 6 heteroatoms. The Balaban J connectivity index is 2.06. The predicted octanol–water partition coefficient (Wildman–Crippen LogP) is 1.21. The fraction of sp³-hybridized carbons (Fsp3) is 0.667. The van der Waals surface area contributed by atoms with Crippen LogP contribution in [0, 0.1) is 6.92 Å². The average molecular weight is 270 g/mol. The molecule has 0 N–H and O–H groups in total. The summed E-state index contributed by atoms with van der Waals surface area (Å²) < 4.78 is 10.2. The molecule has 18 heavy (non-hydrogen) atoms. The first-order valence-electron chi connectivity index (χ1n) is 5.89. The van der Waals surface area contributed by atoms with Crippen LogP contribution in [0.1, 0.15) is 17.1 Å². The van der Waals surface area contributed by atoms with Crippen LogP contribution in [0.25, 0.3) is 0 Å². The van der Waals surface area contributed by atoms with Gasteiger partial charge in [0.25, 0.3) is 0 Å². The molecule has 1 aromatic heterocycles. The molecule has 0 radical (unpaired) electrons. The molecule has 2 rings (SSSR count). The number of likely N-dealkylation sites (tertiary alicyclic amines) is 1. The number of hydrogen-bond acceptors (Lipinski definition) is 6. The van der Waals surface area contributed by atoms with Crippen LogP contribution in [0.3, 0.4) is 0 Å². The molecule has 2 atom stereocenters. The second-order valence-corrected chi connectivity index (χ2v) is 5.48. The zero-order chi connectivity index (χ0) is 13.1. The van der Waals surface area contributed by atoms with Gasteiger partial charge in [-0.3, -0.25) is 9.69 Å². The molecule has 0 bridgehead atoms. The summed E-state index contributed by atoms with van der Waals surface area (Å²) in [6.07, 6.45) is 0.778. The lowest BCUT2D eigenvalue weighted by Crippen LogP contribution is -2.36. The fourth-order valence-electron chi connectivity index (χ4n) is 2.28. The zero-order valence-electron chi connectivity index (χ0n) is 10.9. The standard InChI is InChI=1S/C12H18N2O3S/c1-8-13-9(7-18-8)5-14-6-10(16-2)4-11(14)12(15)17-3/h7,10-11H,4-6H2,1-3H3. The van der Waals surface area contributed by atoms with E-state index in [1.807, 2.05) is 12.3 Å². The Morgan fingerprint density at radius 3 is 2.94 bits per heavy atom. The van der Waals surface area contributed by atoms with Crippen molar-refractivity contribution in [3.05, 3.63) is 16.1 Å². The van der Waals surface area contributed by atoms with E-state index >= 15 is 0 Å². The van der Waals surface area contributed by atoms with Crippen LogP contribution in [0.5, 0.6) is 0 Å². The summed E-state index contributed by atoms with van der Waals surface area (Å²) in [6, 6.07) is -0.220. The van der Waals surface area contributed by atoms with Crippen molar-refractivity contribution < 1.29 is 14.3 Å². The normalized spacial score (nSPS) is 24.4. The molecular formula is C12H18N2O3S. The first-order valence-corrected chi connectivity index (χ1v) is 6.77. The van der Waals surface area contributed by atoms with E-state index in [4.69, 9.17) is 9.47 Å². The van der Waals surface area contributed by atoms with Crippen LogP contribution < -0.4 is 0 Å². The van der Waals surface area contributed by atoms with Crippen molar-refractivity contribution >= 4 is 17.3 Å². The van der Waals surface area contributed by atoms with E-state index in [-0.39, 0.29) is 18.1 Å². The Kier molecular flexibility index (Phi) is 4.31. The average Bonchev–Trinajstić information content (AvgIpc) is 2.95. The van der Waals surface area contributed by atoms with Crippen LogP contribution in [-0.2, 0) is 20.8 Å². The number of aromatic nitrogens is 1. The minimum atomic E-state index is -0.220. The number of rotatable bonds is 4. The second-order valence-electron chi connectivity index (χ2n) is 4.42. The van der Waals surface area contributed by atoms with Gasteiger partial charge in [-0.1, -0.05) is 0 Å². The van der Waals surface area contributed by atoms with E-state index in [2.05, 4.69) is 9.88 Å². The molecule has 2 unspecified atom stereocenters. The number of hydrogen-bond donors (Lipinski definition) is 0. The Morgan fingerprint density at radius 1 is 1.61 bits per heavy atom. The van der Waals surface area contributed by atoms with E-state index < -0.39 is 0 Å². The number of esters is 1. The summed E-state index contributed by atoms with van der Waals surface area (Å²) in [5.41, 5.74) is 1.00. The van der Waals surface area contributed by atoms with Gasteiger partial charge >= 0.3 is 5.97 Å². The van der Waals surface area contributed by atoms with Gasteiger partial charge in [0.1, 0.15) is 6.04 Å². The number of thiazole rings is 1. The van der Waals surface area contributed by atoms with Crippen molar-refractivity contribution in [1.82, 2.24) is 9.88 Å². The molecule has 2 heterocycles. The van der Waals surface area contributed by atoms with Gasteiger partial charge in [0.05, 0.1) is 23.9 Å². The molecule has 0 spiro atoms. The number of ether oxygens (including phenoxy) is 2. The van der Waals surface area contributed by atoms with Gasteiger partial charge in [-0.2, -0.15) is 0 Å². The highest BCUT2D eigenvalue weighted by molar-refractivity contribution is 7.09. The van der Waals surface area contributed by atoms with Crippen molar-refractivity contribution in [2.75, 3.05) is 20.8 Å². The van der Waals surface area contributed by atoms with Gasteiger partial charge in [-0.05, 0) is 6.92 Å². The van der Waals surface area contributed by atoms with Crippen LogP contribution in [0.2, 0.25) is 0 Å². The summed E-state index contributed by atoms with van der Waals surface area (Å²) in [5.74, 6) is -0.193. The number of carbonyl (C=O) groups is 1. The molecule has 0 aliphatic carbocycles. The number of carbonyl (C=O) groups excluding carboxylic acids is 1. The summed E-state index contributed by atoms with van der Waals surface area (Å²) in [7, 11) is 3.10. The van der Waals surface area contributed by atoms with Gasteiger partial charge in [0.2, 0.25) is 0 Å². The van der Waals surface area contributed by atoms with Crippen molar-refractivity contribution in [1.29, 1.82) is 0 Å². The van der Waals surface area contributed by atoms with Crippen LogP contribution in [-0.4, -0.2) is 48.8 Å². The van der Waals surface area contributed by atoms with E-state index in [1.165, 1.54) is 7.11 Å². The summed E-state index contributed by atoms with van der Waals surface area (Å²) >= 11 is 1.62. The summed E-state index contributed by atoms with van der Waals surface area (Å²) in [5, 5.41) is 3.08. The first kappa shape index (κ1) is 13.5. The molecular weight excluding hydrogens is 252 g/mol. The third-order valence-electron chi connectivity index (χ3n) is 3.20. The lowest BCUT2D eigenvalue weighted by atomic mass is 10.2. The highest BCUT2D eigenvalue weighted by Gasteiger charge is 2.37. The smallest absolute Gasteiger partial charge is 0.323 e. The SMILES string of the molecule is COC(=O)C1CC(OC)CN1Cc1csc(C)n1. The zero-order valence-corrected chi connectivity index (χ0v) is 11.7. The molecule has 1 aliphatic rings. The van der Waals surface area contributed by atoms with Crippen molar-refractivity contribution in [2.45, 2.75) is 32.0 Å². The van der Waals surface area contributed by atoms with Gasteiger partial charge in [-0.15, -0.1) is 11.3 Å². The van der Waals surface area contributed by atoms with E-state index in [1.54, 1.807) is 18.4 Å². The fourth-order valence-corrected chi connectivity index (χ4v) is 2.88. The largest absolute Gasteiger partial charge is 0.468 e. The molecule has 0 amide bonds. The topological polar surface area (TPSA) is 51.7 Å². The van der Waals surface area contributed by atoms with Gasteiger partial charge in [-0.25, -0.2) is 4.98 Å². The maximum absolute atomic E-state index is 11.7. The number of methoxy groups -OCH3 is 2. The Hall–Kier alpha value is -0.980. The predicted molar refractivity (Wildman–Crippen MR) is 68.5 cm³/mol. The van der Waals surface area contributed by atoms with E-state index in [9.17, 15) is 4.79 Å². The van der Waals surface area contributed by atoms with Gasteiger partial charge in [0.15, 0.2) is 0 Å². The quantitative estimate of drug-likeness (QED) is 0.770. The van der Waals surface area contributed by atoms with Crippen molar-refractivity contribution in [2.24, 2.45) is 0 Å². The van der Waals surface area contributed by atoms with Crippen LogP contribution in [0.4, 0.5) is 0 Å². The summed E-state index contributed by atoms with van der Waals surface area (Å²) in [6.45, 7) is 3.39. The molecule has 0 aromatic carbocycles. The Morgan fingerprint density at radius 2 is 2.39 bits per heavy atom. The van der Waals surface area contributed by atoms with Crippen molar-refractivity contribution in [3.8, 4) is 0 Å². The minimum Gasteiger partial charge on any atom is -0.468 e. The highest BCUT2D eigenvalue weighted by atomic mass is 32.1. The van der Waals surface area contributed by atoms with Crippen molar-refractivity contribution in [3.63, 3.8) is 0 Å². The lowest BCUT2D eigenvalue weighted by Gasteiger charge is -2.20. The van der Waals surface area contributed by atoms with Gasteiger partial charge < -0.3 is 9.47 Å². The first-order chi connectivity index (χ1) is 8.63. The minimum absolute atomic E-state index is 0.0915. The van der Waals surface area contributed by atoms with Gasteiger partial charge in [0, 0.05) is 32.0 Å². The Labute approximate surface area is 111 Å². The van der Waals surface area contributed by atoms with E-state index in [0.717, 1.165) is 17.2 Å². The monoisotopic (exact) mass is 270 g/mol. The second kappa shape index (κ2) is 5.77.